The van der Waals surface area contributed by atoms with Crippen LogP contribution in [-0.2, 0) is 4.79 Å². The molecule has 1 N–H and O–H groups in total. The third-order valence-corrected chi connectivity index (χ3v) is 6.91. The molecule has 1 fully saturated rings. The zero-order chi connectivity index (χ0) is 23.3. The summed E-state index contributed by atoms with van der Waals surface area (Å²) in [4.78, 5) is 16.7. The van der Waals surface area contributed by atoms with Gasteiger partial charge in [0, 0.05) is 18.0 Å². The highest BCUT2D eigenvalue weighted by Crippen LogP contribution is 2.35. The maximum atomic E-state index is 11.6. The molecule has 2 aromatic rings. The molecule has 0 amide bonds. The second kappa shape index (κ2) is 10.5. The van der Waals surface area contributed by atoms with E-state index in [0.717, 1.165) is 41.4 Å². The summed E-state index contributed by atoms with van der Waals surface area (Å²) in [5.74, 6) is 0.595. The highest BCUT2D eigenvalue weighted by molar-refractivity contribution is 7.17. The Bertz CT molecular complexity index is 1020. The number of nitrogens with zero attached hydrogens (tertiary/aromatic N) is 3. The second-order valence-corrected chi connectivity index (χ2v) is 9.08. The predicted octanol–water partition coefficient (Wildman–Crippen LogP) is 4.06. The molecule has 1 aromatic carbocycles. The Kier molecular flexibility index (Phi) is 7.78. The number of anilines is 1. The monoisotopic (exact) mass is 455 g/mol. The fourth-order valence-electron chi connectivity index (χ4n) is 4.20. The molecular weight excluding hydrogens is 426 g/mol. The number of methoxy groups -OCH3 is 2. The van der Waals surface area contributed by atoms with Gasteiger partial charge in [-0.15, -0.1) is 11.3 Å². The Balaban J connectivity index is 1.72. The van der Waals surface area contributed by atoms with E-state index in [9.17, 15) is 15.2 Å². The Morgan fingerprint density at radius 3 is 2.47 bits per heavy atom. The van der Waals surface area contributed by atoms with Crippen LogP contribution in [-0.4, -0.2) is 63.4 Å². The lowest BCUT2D eigenvalue weighted by molar-refractivity contribution is -0.144. The highest BCUT2D eigenvalue weighted by Gasteiger charge is 2.33. The summed E-state index contributed by atoms with van der Waals surface area (Å²) < 4.78 is 10.6. The lowest BCUT2D eigenvalue weighted by atomic mass is 9.89. The molecule has 0 spiro atoms. The van der Waals surface area contributed by atoms with Crippen molar-refractivity contribution in [1.29, 1.82) is 5.26 Å². The van der Waals surface area contributed by atoms with Gasteiger partial charge in [-0.3, -0.25) is 9.69 Å². The fourth-order valence-corrected chi connectivity index (χ4v) is 5.20. The van der Waals surface area contributed by atoms with E-state index in [1.54, 1.807) is 42.6 Å². The summed E-state index contributed by atoms with van der Waals surface area (Å²) in [6.07, 6.45) is 3.56. The van der Waals surface area contributed by atoms with E-state index in [-0.39, 0.29) is 5.92 Å². The van der Waals surface area contributed by atoms with Gasteiger partial charge in [0.2, 0.25) is 0 Å². The van der Waals surface area contributed by atoms with Crippen molar-refractivity contribution in [1.82, 2.24) is 4.90 Å². The van der Waals surface area contributed by atoms with Crippen molar-refractivity contribution in [3.8, 4) is 17.6 Å². The van der Waals surface area contributed by atoms with Gasteiger partial charge < -0.3 is 19.5 Å². The van der Waals surface area contributed by atoms with Gasteiger partial charge in [0.1, 0.15) is 6.04 Å². The van der Waals surface area contributed by atoms with Crippen LogP contribution in [0.3, 0.4) is 0 Å². The first-order chi connectivity index (χ1) is 15.4. The van der Waals surface area contributed by atoms with Gasteiger partial charge >= 0.3 is 5.97 Å². The number of ether oxygens (including phenoxy) is 2. The number of rotatable bonds is 8. The molecule has 8 heteroatoms. The quantitative estimate of drug-likeness (QED) is 0.601. The highest BCUT2D eigenvalue weighted by atomic mass is 32.1. The number of benzene rings is 1. The normalized spacial score (nSPS) is 16.0. The number of carboxylic acids is 1. The van der Waals surface area contributed by atoms with E-state index < -0.39 is 12.0 Å². The third kappa shape index (κ3) is 5.23. The fraction of sp³-hybridized carbons (Fsp3) is 0.417. The average Bonchev–Trinajstić information content (AvgIpc) is 3.25. The Morgan fingerprint density at radius 1 is 1.22 bits per heavy atom. The number of likely N-dealkylation sites (N-methyl/N-ethyl adjacent to an activating group) is 1. The van der Waals surface area contributed by atoms with Crippen molar-refractivity contribution in [3.05, 3.63) is 40.8 Å². The Labute approximate surface area is 193 Å². The summed E-state index contributed by atoms with van der Waals surface area (Å²) in [7, 11) is 6.81. The predicted molar refractivity (Wildman–Crippen MR) is 127 cm³/mol. The lowest BCUT2D eigenvalue weighted by Gasteiger charge is -2.37. The van der Waals surface area contributed by atoms with Crippen LogP contribution in [0.2, 0.25) is 0 Å². The zero-order valence-corrected chi connectivity index (χ0v) is 19.7. The van der Waals surface area contributed by atoms with E-state index in [0.29, 0.717) is 17.1 Å². The molecule has 0 bridgehead atoms. The van der Waals surface area contributed by atoms with E-state index in [1.165, 1.54) is 0 Å². The Morgan fingerprint density at radius 2 is 1.91 bits per heavy atom. The van der Waals surface area contributed by atoms with Crippen LogP contribution in [0.25, 0.3) is 11.6 Å². The molecule has 1 saturated heterocycles. The van der Waals surface area contributed by atoms with Crippen LogP contribution in [0.15, 0.2) is 30.3 Å². The molecule has 1 aliphatic rings. The van der Waals surface area contributed by atoms with Gasteiger partial charge in [0.15, 0.2) is 11.5 Å². The minimum absolute atomic E-state index is 0.147. The number of hydrogen-bond donors (Lipinski definition) is 1. The van der Waals surface area contributed by atoms with Gasteiger partial charge in [-0.1, -0.05) is 0 Å². The number of carbonyl (C=O) groups is 1. The molecule has 1 aliphatic heterocycles. The van der Waals surface area contributed by atoms with Crippen LogP contribution in [0.4, 0.5) is 5.00 Å². The summed E-state index contributed by atoms with van der Waals surface area (Å²) in [5, 5.41) is 20.4. The van der Waals surface area contributed by atoms with Crippen molar-refractivity contribution in [2.75, 3.05) is 46.3 Å². The summed E-state index contributed by atoms with van der Waals surface area (Å²) in [5.41, 5.74) is 1.32. The SMILES string of the molecule is COc1ccc(C(C#N)=Cc2ccc(N3CCC(C(C(=O)O)N(C)C)CC3)s2)cc1OC. The minimum atomic E-state index is -0.754. The first kappa shape index (κ1) is 23.6. The molecule has 0 radical (unpaired) electrons. The van der Waals surface area contributed by atoms with Gasteiger partial charge in [0.25, 0.3) is 0 Å². The summed E-state index contributed by atoms with van der Waals surface area (Å²) >= 11 is 1.63. The standard InChI is InChI=1S/C24H29N3O4S/c1-26(2)23(24(28)29)16-9-11-27(12-10-16)22-8-6-19(32-22)13-18(15-25)17-5-7-20(30-3)21(14-17)31-4/h5-8,13-14,16,23H,9-12H2,1-4H3,(H,28,29). The van der Waals surface area contributed by atoms with Crippen LogP contribution < -0.4 is 14.4 Å². The van der Waals surface area contributed by atoms with Crippen molar-refractivity contribution < 1.29 is 19.4 Å². The Hall–Kier alpha value is -3.02. The van der Waals surface area contributed by atoms with Gasteiger partial charge in [0.05, 0.1) is 30.9 Å². The lowest BCUT2D eigenvalue weighted by Crippen LogP contribution is -2.46. The van der Waals surface area contributed by atoms with Gasteiger partial charge in [-0.05, 0) is 74.8 Å². The van der Waals surface area contributed by atoms with E-state index in [2.05, 4.69) is 17.0 Å². The number of piperidine rings is 1. The summed E-state index contributed by atoms with van der Waals surface area (Å²) in [6.45, 7) is 1.65. The molecular formula is C24H29N3O4S. The second-order valence-electron chi connectivity index (χ2n) is 7.99. The number of carboxylic acid groups (broad SMARTS) is 1. The van der Waals surface area contributed by atoms with Crippen LogP contribution in [0.1, 0.15) is 23.3 Å². The topological polar surface area (TPSA) is 86.0 Å². The molecule has 1 aromatic heterocycles. The molecule has 170 valence electrons. The number of nitriles is 1. The molecule has 1 unspecified atom stereocenters. The van der Waals surface area contributed by atoms with Crippen molar-refractivity contribution >= 4 is 34.0 Å². The van der Waals surface area contributed by atoms with Crippen molar-refractivity contribution in [3.63, 3.8) is 0 Å². The average molecular weight is 456 g/mol. The maximum Gasteiger partial charge on any atom is 0.321 e. The van der Waals surface area contributed by atoms with Crippen LogP contribution in [0, 0.1) is 17.2 Å². The molecule has 32 heavy (non-hydrogen) atoms. The number of aliphatic carboxylic acids is 1. The van der Waals surface area contributed by atoms with Gasteiger partial charge in [-0.2, -0.15) is 5.26 Å². The maximum absolute atomic E-state index is 11.6. The molecule has 3 rings (SSSR count). The van der Waals surface area contributed by atoms with E-state index >= 15 is 0 Å². The largest absolute Gasteiger partial charge is 0.493 e. The molecule has 0 aliphatic carbocycles. The zero-order valence-electron chi connectivity index (χ0n) is 18.9. The molecule has 1 atom stereocenters. The number of thiophene rings is 1. The first-order valence-electron chi connectivity index (χ1n) is 10.5. The van der Waals surface area contributed by atoms with Crippen LogP contribution >= 0.6 is 11.3 Å². The van der Waals surface area contributed by atoms with Crippen molar-refractivity contribution in [2.45, 2.75) is 18.9 Å². The smallest absolute Gasteiger partial charge is 0.321 e. The van der Waals surface area contributed by atoms with E-state index in [1.807, 2.05) is 32.3 Å². The third-order valence-electron chi connectivity index (χ3n) is 5.82. The van der Waals surface area contributed by atoms with Crippen LogP contribution in [0.5, 0.6) is 11.5 Å². The first-order valence-corrected chi connectivity index (χ1v) is 11.3. The summed E-state index contributed by atoms with van der Waals surface area (Å²) in [6, 6.07) is 11.4. The van der Waals surface area contributed by atoms with E-state index in [4.69, 9.17) is 9.47 Å². The molecule has 0 saturated carbocycles. The minimum Gasteiger partial charge on any atom is -0.493 e. The van der Waals surface area contributed by atoms with Gasteiger partial charge in [-0.25, -0.2) is 0 Å². The number of hydrogen-bond acceptors (Lipinski definition) is 7. The number of allylic oxidation sites excluding steroid dienone is 1. The van der Waals surface area contributed by atoms with Crippen molar-refractivity contribution in [2.24, 2.45) is 5.92 Å². The molecule has 7 nitrogen and oxygen atoms in total. The molecule has 2 heterocycles.